The fourth-order valence-corrected chi connectivity index (χ4v) is 5.56. The Morgan fingerprint density at radius 3 is 2.67 bits per heavy atom. The molecule has 0 aliphatic carbocycles. The number of methoxy groups -OCH3 is 1. The lowest BCUT2D eigenvalue weighted by Crippen LogP contribution is -2.45. The minimum absolute atomic E-state index is 0.00841. The van der Waals surface area contributed by atoms with Gasteiger partial charge >= 0.3 is 5.97 Å². The lowest BCUT2D eigenvalue weighted by atomic mass is 9.83. The van der Waals surface area contributed by atoms with E-state index < -0.39 is 11.9 Å². The number of rotatable bonds is 14. The number of hydrogen-bond acceptors (Lipinski definition) is 9. The second-order valence-electron chi connectivity index (χ2n) is 10.0. The highest BCUT2D eigenvalue weighted by Crippen LogP contribution is 2.47. The Morgan fingerprint density at radius 2 is 1.97 bits per heavy atom. The molecule has 0 spiro atoms. The number of likely N-dealkylation sites (tertiary alicyclic amines) is 1. The molecule has 11 nitrogen and oxygen atoms in total. The summed E-state index contributed by atoms with van der Waals surface area (Å²) in [6.45, 7) is 4.48. The fraction of sp³-hybridized carbons (Fsp3) is 0.571. The van der Waals surface area contributed by atoms with Crippen molar-refractivity contribution in [3.63, 3.8) is 0 Å². The number of nitrogens with zero attached hydrogens (tertiary/aromatic N) is 4. The molecule has 4 rings (SSSR count). The summed E-state index contributed by atoms with van der Waals surface area (Å²) in [4.78, 5) is 38.8. The first-order chi connectivity index (χ1) is 19.0. The van der Waals surface area contributed by atoms with Crippen LogP contribution in [0.5, 0.6) is 17.2 Å². The predicted molar refractivity (Wildman–Crippen MR) is 144 cm³/mol. The molecule has 39 heavy (non-hydrogen) atoms. The second kappa shape index (κ2) is 13.6. The van der Waals surface area contributed by atoms with E-state index in [9.17, 15) is 14.7 Å². The average molecular weight is 542 g/mol. The molecule has 2 aromatic rings. The van der Waals surface area contributed by atoms with Gasteiger partial charge < -0.3 is 30.0 Å². The maximum absolute atomic E-state index is 13.5. The number of aliphatic carboxylic acids is 1. The van der Waals surface area contributed by atoms with Crippen LogP contribution >= 0.6 is 0 Å². The Hall–Kier alpha value is -3.44. The van der Waals surface area contributed by atoms with E-state index in [-0.39, 0.29) is 31.2 Å². The molecule has 212 valence electrons. The number of carbonyl (C=O) groups is 2. The van der Waals surface area contributed by atoms with E-state index in [0.717, 1.165) is 24.8 Å². The SMILES string of the molecule is CCCCN(CCCN)C(=O)CN1C[C@H](c2cc(OC)c3c(c2)OCO3)C(C(=O)O)[C@@H]1CCc1ncccn1. The summed E-state index contributed by atoms with van der Waals surface area (Å²) in [5.41, 5.74) is 6.51. The van der Waals surface area contributed by atoms with Gasteiger partial charge in [-0.15, -0.1) is 0 Å². The molecule has 0 bridgehead atoms. The zero-order valence-electron chi connectivity index (χ0n) is 22.8. The van der Waals surface area contributed by atoms with Crippen molar-refractivity contribution >= 4 is 11.9 Å². The normalized spacial score (nSPS) is 20.2. The monoisotopic (exact) mass is 541 g/mol. The van der Waals surface area contributed by atoms with Crippen LogP contribution in [0.25, 0.3) is 0 Å². The first-order valence-corrected chi connectivity index (χ1v) is 13.6. The Kier molecular flexibility index (Phi) is 9.94. The van der Waals surface area contributed by atoms with Crippen molar-refractivity contribution in [2.45, 2.75) is 51.0 Å². The van der Waals surface area contributed by atoms with E-state index in [1.54, 1.807) is 25.6 Å². The quantitative estimate of drug-likeness (QED) is 0.366. The predicted octanol–water partition coefficient (Wildman–Crippen LogP) is 2.29. The van der Waals surface area contributed by atoms with Crippen LogP contribution < -0.4 is 19.9 Å². The van der Waals surface area contributed by atoms with Crippen molar-refractivity contribution in [2.24, 2.45) is 11.7 Å². The Labute approximate surface area is 229 Å². The van der Waals surface area contributed by atoms with Gasteiger partial charge in [-0.25, -0.2) is 9.97 Å². The molecule has 1 aromatic carbocycles. The van der Waals surface area contributed by atoms with E-state index in [2.05, 4.69) is 16.9 Å². The molecule has 1 amide bonds. The van der Waals surface area contributed by atoms with Gasteiger partial charge in [-0.1, -0.05) is 13.3 Å². The lowest BCUT2D eigenvalue weighted by Gasteiger charge is -2.29. The fourth-order valence-electron chi connectivity index (χ4n) is 5.56. The molecule has 3 N–H and O–H groups in total. The molecular weight excluding hydrogens is 502 g/mol. The second-order valence-corrected chi connectivity index (χ2v) is 10.0. The summed E-state index contributed by atoms with van der Waals surface area (Å²) in [6, 6.07) is 5.02. The number of hydrogen-bond donors (Lipinski definition) is 2. The number of fused-ring (bicyclic) bond motifs is 1. The number of carboxylic acids is 1. The summed E-state index contributed by atoms with van der Waals surface area (Å²) in [5, 5.41) is 10.5. The minimum atomic E-state index is -0.906. The zero-order chi connectivity index (χ0) is 27.8. The highest BCUT2D eigenvalue weighted by molar-refractivity contribution is 5.79. The number of aromatic nitrogens is 2. The van der Waals surface area contributed by atoms with Gasteiger partial charge in [0.1, 0.15) is 5.82 Å². The Morgan fingerprint density at radius 1 is 1.21 bits per heavy atom. The number of ether oxygens (including phenoxy) is 3. The van der Waals surface area contributed by atoms with Crippen molar-refractivity contribution < 1.29 is 28.9 Å². The summed E-state index contributed by atoms with van der Waals surface area (Å²) in [5.74, 6) is 0.150. The summed E-state index contributed by atoms with van der Waals surface area (Å²) >= 11 is 0. The Balaban J connectivity index is 1.63. The van der Waals surface area contributed by atoms with Gasteiger partial charge in [0.15, 0.2) is 11.5 Å². The van der Waals surface area contributed by atoms with Crippen molar-refractivity contribution in [1.82, 2.24) is 19.8 Å². The number of carbonyl (C=O) groups excluding carboxylic acids is 1. The molecular formula is C28H39N5O6. The molecule has 1 fully saturated rings. The number of carboxylic acid groups (broad SMARTS) is 1. The largest absolute Gasteiger partial charge is 0.493 e. The molecule has 1 saturated heterocycles. The third-order valence-corrected chi connectivity index (χ3v) is 7.53. The number of benzene rings is 1. The van der Waals surface area contributed by atoms with Crippen LogP contribution in [0.15, 0.2) is 30.6 Å². The maximum atomic E-state index is 13.5. The topological polar surface area (TPSA) is 140 Å². The number of amides is 1. The van der Waals surface area contributed by atoms with Gasteiger partial charge in [0.25, 0.3) is 0 Å². The van der Waals surface area contributed by atoms with Crippen LogP contribution in [0.4, 0.5) is 0 Å². The third-order valence-electron chi connectivity index (χ3n) is 7.53. The van der Waals surface area contributed by atoms with Crippen LogP contribution in [0, 0.1) is 5.92 Å². The van der Waals surface area contributed by atoms with Gasteiger partial charge in [0.2, 0.25) is 18.4 Å². The van der Waals surface area contributed by atoms with Crippen LogP contribution in [0.2, 0.25) is 0 Å². The van der Waals surface area contributed by atoms with Gasteiger partial charge in [-0.3, -0.25) is 14.5 Å². The van der Waals surface area contributed by atoms with Gasteiger partial charge in [-0.05, 0) is 49.6 Å². The smallest absolute Gasteiger partial charge is 0.308 e. The standard InChI is InChI=1S/C28H39N5O6/c1-3-4-12-32(13-5-9-29)25(34)17-33-16-20(19-14-22(37-2)27-23(15-19)38-18-39-27)26(28(35)36)21(33)7-8-24-30-10-6-11-31-24/h6,10-11,14-15,20-21,26H,3-5,7-9,12-13,16-18,29H2,1-2H3,(H,35,36)/t20-,21+,26?/m1/s1. The van der Waals surface area contributed by atoms with Crippen molar-refractivity contribution in [3.05, 3.63) is 42.0 Å². The molecule has 3 heterocycles. The molecule has 1 aromatic heterocycles. The molecule has 2 aliphatic heterocycles. The molecule has 3 atom stereocenters. The van der Waals surface area contributed by atoms with Crippen LogP contribution in [-0.4, -0.2) is 89.4 Å². The average Bonchev–Trinajstić information content (AvgIpc) is 3.56. The Bertz CT molecular complexity index is 1110. The molecule has 11 heteroatoms. The lowest BCUT2D eigenvalue weighted by molar-refractivity contribution is -0.143. The highest BCUT2D eigenvalue weighted by Gasteiger charge is 2.47. The third kappa shape index (κ3) is 6.77. The zero-order valence-corrected chi connectivity index (χ0v) is 22.8. The first kappa shape index (κ1) is 28.6. The van der Waals surface area contributed by atoms with Gasteiger partial charge in [-0.2, -0.15) is 0 Å². The van der Waals surface area contributed by atoms with Crippen molar-refractivity contribution in [3.8, 4) is 17.2 Å². The van der Waals surface area contributed by atoms with Gasteiger partial charge in [0, 0.05) is 50.4 Å². The van der Waals surface area contributed by atoms with Crippen LogP contribution in [0.3, 0.4) is 0 Å². The minimum Gasteiger partial charge on any atom is -0.493 e. The molecule has 2 aliphatic rings. The number of unbranched alkanes of at least 4 members (excludes halogenated alkanes) is 1. The van der Waals surface area contributed by atoms with E-state index in [1.165, 1.54) is 0 Å². The number of nitrogens with two attached hydrogens (primary N) is 1. The summed E-state index contributed by atoms with van der Waals surface area (Å²) in [6.07, 6.45) is 6.97. The molecule has 0 saturated carbocycles. The van der Waals surface area contributed by atoms with E-state index in [1.807, 2.05) is 21.9 Å². The number of aryl methyl sites for hydroxylation is 1. The maximum Gasteiger partial charge on any atom is 0.308 e. The highest BCUT2D eigenvalue weighted by atomic mass is 16.7. The summed E-state index contributed by atoms with van der Waals surface area (Å²) < 4.78 is 16.7. The van der Waals surface area contributed by atoms with E-state index >= 15 is 0 Å². The van der Waals surface area contributed by atoms with Gasteiger partial charge in [0.05, 0.1) is 19.6 Å². The van der Waals surface area contributed by atoms with Crippen LogP contribution in [0.1, 0.15) is 49.9 Å². The molecule has 0 radical (unpaired) electrons. The van der Waals surface area contributed by atoms with Crippen molar-refractivity contribution in [1.29, 1.82) is 0 Å². The van der Waals surface area contributed by atoms with E-state index in [0.29, 0.717) is 62.1 Å². The van der Waals surface area contributed by atoms with Crippen LogP contribution in [-0.2, 0) is 16.0 Å². The van der Waals surface area contributed by atoms with E-state index in [4.69, 9.17) is 19.9 Å². The van der Waals surface area contributed by atoms with Crippen molar-refractivity contribution in [2.75, 3.05) is 46.6 Å². The molecule has 1 unspecified atom stereocenters. The summed E-state index contributed by atoms with van der Waals surface area (Å²) in [7, 11) is 1.55. The first-order valence-electron chi connectivity index (χ1n) is 13.6.